The fourth-order valence-electron chi connectivity index (χ4n) is 4.53. The van der Waals surface area contributed by atoms with Crippen LogP contribution in [0.1, 0.15) is 60.7 Å². The van der Waals surface area contributed by atoms with E-state index >= 15 is 0 Å². The third kappa shape index (κ3) is 4.05. The van der Waals surface area contributed by atoms with Gasteiger partial charge in [-0.15, -0.1) is 10.2 Å². The van der Waals surface area contributed by atoms with Gasteiger partial charge in [-0.05, 0) is 62.9 Å². The summed E-state index contributed by atoms with van der Waals surface area (Å²) in [4.78, 5) is 35.9. The Hall–Kier alpha value is -3.66. The second kappa shape index (κ2) is 8.28. The van der Waals surface area contributed by atoms with Crippen molar-refractivity contribution in [2.24, 2.45) is 0 Å². The molecule has 0 bridgehead atoms. The fraction of sp³-hybridized carbons (Fsp3) is 0.417. The topological polar surface area (TPSA) is 126 Å². The van der Waals surface area contributed by atoms with Gasteiger partial charge < -0.3 is 19.9 Å². The summed E-state index contributed by atoms with van der Waals surface area (Å²) in [5.41, 5.74) is 1.28. The molecule has 0 radical (unpaired) electrons. The van der Waals surface area contributed by atoms with Crippen molar-refractivity contribution in [1.82, 2.24) is 29.6 Å². The van der Waals surface area contributed by atoms with Gasteiger partial charge in [0, 0.05) is 31.7 Å². The van der Waals surface area contributed by atoms with Gasteiger partial charge >= 0.3 is 0 Å². The minimum absolute atomic E-state index is 0.237. The predicted octanol–water partition coefficient (Wildman–Crippen LogP) is 2.15. The molecule has 1 atom stereocenters. The standard InChI is InChI=1S/C24H27N7O3/c1-14-7-8-20-28-29-21(31(14)20)17-5-4-6-19(26-17)27-22(32)18-11-16-13-30(23(33)24(2,3)34)10-9-15(16)12-25-18/h4-6,11-12,14,34H,7-10,13H2,1-3H3,(H,26,27,32)/t14-/m1/s1. The Bertz CT molecular complexity index is 1280. The number of nitrogens with one attached hydrogen (secondary N) is 1. The van der Waals surface area contributed by atoms with E-state index in [-0.39, 0.29) is 11.6 Å². The maximum absolute atomic E-state index is 12.9. The first kappa shape index (κ1) is 22.1. The smallest absolute Gasteiger partial charge is 0.275 e. The number of aryl methyl sites for hydroxylation is 1. The number of anilines is 1. The summed E-state index contributed by atoms with van der Waals surface area (Å²) in [7, 11) is 0. The van der Waals surface area contributed by atoms with Gasteiger partial charge in [0.1, 0.15) is 28.6 Å². The van der Waals surface area contributed by atoms with Gasteiger partial charge in [0.2, 0.25) is 0 Å². The average Bonchev–Trinajstić information content (AvgIpc) is 3.40. The van der Waals surface area contributed by atoms with Crippen LogP contribution in [0.5, 0.6) is 0 Å². The van der Waals surface area contributed by atoms with Crippen molar-refractivity contribution < 1.29 is 14.7 Å². The number of aromatic nitrogens is 5. The zero-order valence-electron chi connectivity index (χ0n) is 19.4. The molecule has 3 aromatic rings. The second-order valence-electron chi connectivity index (χ2n) is 9.43. The summed E-state index contributed by atoms with van der Waals surface area (Å²) < 4.78 is 2.10. The Morgan fingerprint density at radius 3 is 2.79 bits per heavy atom. The lowest BCUT2D eigenvalue weighted by Crippen LogP contribution is -2.47. The fourth-order valence-corrected chi connectivity index (χ4v) is 4.53. The number of rotatable bonds is 4. The van der Waals surface area contributed by atoms with Crippen LogP contribution in [0.4, 0.5) is 5.82 Å². The van der Waals surface area contributed by atoms with Crippen LogP contribution in [0.2, 0.25) is 0 Å². The minimum atomic E-state index is -1.44. The van der Waals surface area contributed by atoms with Crippen molar-refractivity contribution in [1.29, 1.82) is 0 Å². The number of hydrogen-bond donors (Lipinski definition) is 2. The number of nitrogens with zero attached hydrogens (tertiary/aromatic N) is 6. The number of aliphatic hydroxyl groups is 1. The molecule has 10 nitrogen and oxygen atoms in total. The molecule has 3 aromatic heterocycles. The molecule has 2 amide bonds. The Balaban J connectivity index is 1.34. The summed E-state index contributed by atoms with van der Waals surface area (Å²) in [6.45, 7) is 5.92. The number of carbonyl (C=O) groups is 2. The molecule has 2 aliphatic rings. The summed E-state index contributed by atoms with van der Waals surface area (Å²) in [6, 6.07) is 7.39. The quantitative estimate of drug-likeness (QED) is 0.610. The van der Waals surface area contributed by atoms with Crippen molar-refractivity contribution in [2.45, 2.75) is 58.2 Å². The Morgan fingerprint density at radius 1 is 1.18 bits per heavy atom. The Kier molecular flexibility index (Phi) is 5.40. The van der Waals surface area contributed by atoms with Crippen molar-refractivity contribution in [3.63, 3.8) is 0 Å². The van der Waals surface area contributed by atoms with E-state index in [9.17, 15) is 14.7 Å². The van der Waals surface area contributed by atoms with Crippen LogP contribution in [-0.4, -0.2) is 58.7 Å². The van der Waals surface area contributed by atoms with E-state index < -0.39 is 11.5 Å². The molecule has 34 heavy (non-hydrogen) atoms. The van der Waals surface area contributed by atoms with Gasteiger partial charge in [-0.2, -0.15) is 0 Å². The lowest BCUT2D eigenvalue weighted by atomic mass is 9.99. The normalized spacial score (nSPS) is 17.3. The summed E-state index contributed by atoms with van der Waals surface area (Å²) in [6.07, 6.45) is 4.22. The van der Waals surface area contributed by atoms with E-state index in [1.165, 1.54) is 13.8 Å². The lowest BCUT2D eigenvalue weighted by molar-refractivity contribution is -0.148. The van der Waals surface area contributed by atoms with Crippen molar-refractivity contribution >= 4 is 17.6 Å². The van der Waals surface area contributed by atoms with E-state index in [4.69, 9.17) is 0 Å². The highest BCUT2D eigenvalue weighted by Crippen LogP contribution is 2.30. The first-order valence-electron chi connectivity index (χ1n) is 11.4. The molecule has 0 saturated heterocycles. The van der Waals surface area contributed by atoms with Crippen LogP contribution in [0.3, 0.4) is 0 Å². The number of fused-ring (bicyclic) bond motifs is 2. The highest BCUT2D eigenvalue weighted by Gasteiger charge is 2.32. The third-order valence-electron chi connectivity index (χ3n) is 6.35. The average molecular weight is 462 g/mol. The van der Waals surface area contributed by atoms with E-state index in [1.54, 1.807) is 23.2 Å². The van der Waals surface area contributed by atoms with Crippen LogP contribution < -0.4 is 5.32 Å². The minimum Gasteiger partial charge on any atom is -0.381 e. The number of amides is 2. The summed E-state index contributed by atoms with van der Waals surface area (Å²) >= 11 is 0. The van der Waals surface area contributed by atoms with Crippen LogP contribution in [0.25, 0.3) is 11.5 Å². The molecule has 0 aromatic carbocycles. The number of hydrogen-bond acceptors (Lipinski definition) is 7. The van der Waals surface area contributed by atoms with Gasteiger partial charge in [0.05, 0.1) is 0 Å². The van der Waals surface area contributed by atoms with Crippen LogP contribution in [0, 0.1) is 0 Å². The summed E-state index contributed by atoms with van der Waals surface area (Å²) in [5.74, 6) is 1.31. The first-order chi connectivity index (χ1) is 16.2. The zero-order valence-corrected chi connectivity index (χ0v) is 19.4. The van der Waals surface area contributed by atoms with Crippen LogP contribution in [0.15, 0.2) is 30.5 Å². The zero-order chi connectivity index (χ0) is 24.0. The third-order valence-corrected chi connectivity index (χ3v) is 6.35. The number of carbonyl (C=O) groups excluding carboxylic acids is 2. The molecule has 0 fully saturated rings. The molecular weight excluding hydrogens is 434 g/mol. The first-order valence-corrected chi connectivity index (χ1v) is 11.4. The highest BCUT2D eigenvalue weighted by atomic mass is 16.3. The highest BCUT2D eigenvalue weighted by molar-refractivity contribution is 6.02. The molecule has 5 rings (SSSR count). The monoisotopic (exact) mass is 461 g/mol. The van der Waals surface area contributed by atoms with Gasteiger partial charge in [0.15, 0.2) is 5.82 Å². The maximum Gasteiger partial charge on any atom is 0.275 e. The predicted molar refractivity (Wildman–Crippen MR) is 124 cm³/mol. The molecule has 5 heterocycles. The molecule has 2 N–H and O–H groups in total. The van der Waals surface area contributed by atoms with Gasteiger partial charge in [-0.25, -0.2) is 4.98 Å². The van der Waals surface area contributed by atoms with Gasteiger partial charge in [-0.1, -0.05) is 6.07 Å². The van der Waals surface area contributed by atoms with E-state index in [2.05, 4.69) is 37.0 Å². The molecule has 10 heteroatoms. The largest absolute Gasteiger partial charge is 0.381 e. The van der Waals surface area contributed by atoms with E-state index in [0.29, 0.717) is 42.9 Å². The van der Waals surface area contributed by atoms with Gasteiger partial charge in [0.25, 0.3) is 11.8 Å². The Labute approximate surface area is 197 Å². The molecule has 0 aliphatic carbocycles. The van der Waals surface area contributed by atoms with Crippen molar-refractivity contribution in [2.75, 3.05) is 11.9 Å². The van der Waals surface area contributed by atoms with Gasteiger partial charge in [-0.3, -0.25) is 14.6 Å². The molecule has 176 valence electrons. The second-order valence-corrected chi connectivity index (χ2v) is 9.43. The number of pyridine rings is 2. The molecular formula is C24H27N7O3. The van der Waals surface area contributed by atoms with E-state index in [0.717, 1.165) is 29.8 Å². The summed E-state index contributed by atoms with van der Waals surface area (Å²) in [5, 5.41) is 21.4. The lowest BCUT2D eigenvalue weighted by Gasteiger charge is -2.32. The molecule has 0 unspecified atom stereocenters. The SMILES string of the molecule is C[C@@H]1CCc2nnc(-c3cccc(NC(=O)c4cc5c(cn4)CCN(C(=O)C(C)(C)O)C5)n3)n21. The van der Waals surface area contributed by atoms with Crippen LogP contribution >= 0.6 is 0 Å². The molecule has 2 aliphatic heterocycles. The van der Waals surface area contributed by atoms with E-state index in [1.807, 2.05) is 12.1 Å². The molecule has 0 spiro atoms. The Morgan fingerprint density at radius 2 is 2.00 bits per heavy atom. The molecule has 0 saturated carbocycles. The maximum atomic E-state index is 12.9. The van der Waals surface area contributed by atoms with Crippen molar-refractivity contribution in [3.8, 4) is 11.5 Å². The van der Waals surface area contributed by atoms with Crippen molar-refractivity contribution in [3.05, 3.63) is 53.1 Å². The van der Waals surface area contributed by atoms with Crippen LogP contribution in [-0.2, 0) is 24.2 Å².